The molecule has 1 unspecified atom stereocenters. The highest BCUT2D eigenvalue weighted by atomic mass is 35.5. The van der Waals surface area contributed by atoms with Gasteiger partial charge in [0.25, 0.3) is 0 Å². The molecule has 1 aromatic carbocycles. The first-order valence-electron chi connectivity index (χ1n) is 6.55. The van der Waals surface area contributed by atoms with E-state index in [-0.39, 0.29) is 0 Å². The van der Waals surface area contributed by atoms with Crippen LogP contribution in [-0.4, -0.2) is 29.0 Å². The summed E-state index contributed by atoms with van der Waals surface area (Å²) in [5.74, 6) is 2.31. The van der Waals surface area contributed by atoms with E-state index in [0.717, 1.165) is 34.3 Å². The highest BCUT2D eigenvalue weighted by Gasteiger charge is 2.09. The summed E-state index contributed by atoms with van der Waals surface area (Å²) >= 11 is 7.80. The third kappa shape index (κ3) is 4.51. The van der Waals surface area contributed by atoms with E-state index in [9.17, 15) is 0 Å². The number of nitrogens with zero attached hydrogens (tertiary/aromatic N) is 2. The molecule has 0 aliphatic rings. The van der Waals surface area contributed by atoms with Crippen molar-refractivity contribution < 1.29 is 4.52 Å². The summed E-state index contributed by atoms with van der Waals surface area (Å²) in [7, 11) is 1.92. The van der Waals surface area contributed by atoms with Crippen LogP contribution in [0.5, 0.6) is 0 Å². The predicted octanol–water partition coefficient (Wildman–Crippen LogP) is 3.21. The van der Waals surface area contributed by atoms with Gasteiger partial charge in [-0.15, -0.1) is 11.8 Å². The Morgan fingerprint density at radius 3 is 2.95 bits per heavy atom. The Morgan fingerprint density at radius 1 is 1.40 bits per heavy atom. The molecule has 4 nitrogen and oxygen atoms in total. The van der Waals surface area contributed by atoms with Crippen molar-refractivity contribution >= 4 is 23.4 Å². The van der Waals surface area contributed by atoms with Crippen molar-refractivity contribution in [3.8, 4) is 0 Å². The van der Waals surface area contributed by atoms with Gasteiger partial charge >= 0.3 is 0 Å². The van der Waals surface area contributed by atoms with E-state index in [4.69, 9.17) is 16.1 Å². The van der Waals surface area contributed by atoms with Crippen LogP contribution in [-0.2, 0) is 12.8 Å². The number of halogens is 1. The summed E-state index contributed by atoms with van der Waals surface area (Å²) in [6.45, 7) is 2.09. The molecule has 6 heteroatoms. The maximum Gasteiger partial charge on any atom is 0.227 e. The number of hydrogen-bond donors (Lipinski definition) is 1. The highest BCUT2D eigenvalue weighted by Crippen LogP contribution is 2.26. The Morgan fingerprint density at radius 2 is 2.20 bits per heavy atom. The fraction of sp³-hybridized carbons (Fsp3) is 0.429. The predicted molar refractivity (Wildman–Crippen MR) is 82.4 cm³/mol. The Hall–Kier alpha value is -1.04. The maximum absolute atomic E-state index is 6.10. The summed E-state index contributed by atoms with van der Waals surface area (Å²) in [5, 5.41) is 7.92. The van der Waals surface area contributed by atoms with Gasteiger partial charge in [0.15, 0.2) is 5.82 Å². The van der Waals surface area contributed by atoms with Gasteiger partial charge in [-0.1, -0.05) is 28.9 Å². The zero-order valence-corrected chi connectivity index (χ0v) is 13.2. The van der Waals surface area contributed by atoms with Crippen molar-refractivity contribution in [1.29, 1.82) is 0 Å². The lowest BCUT2D eigenvalue weighted by molar-refractivity contribution is 0.375. The minimum absolute atomic E-state index is 0.345. The molecule has 108 valence electrons. The van der Waals surface area contributed by atoms with E-state index >= 15 is 0 Å². The van der Waals surface area contributed by atoms with Gasteiger partial charge < -0.3 is 9.84 Å². The van der Waals surface area contributed by atoms with Gasteiger partial charge in [0.05, 0.1) is 5.02 Å². The molecular weight excluding hydrogens is 294 g/mol. The van der Waals surface area contributed by atoms with Crippen molar-refractivity contribution in [2.45, 2.75) is 30.7 Å². The first kappa shape index (κ1) is 15.4. The fourth-order valence-corrected chi connectivity index (χ4v) is 2.84. The minimum atomic E-state index is 0.345. The summed E-state index contributed by atoms with van der Waals surface area (Å²) in [6, 6.07) is 8.17. The molecule has 1 atom stereocenters. The van der Waals surface area contributed by atoms with Crippen LogP contribution in [0, 0.1) is 0 Å². The van der Waals surface area contributed by atoms with Crippen molar-refractivity contribution in [3.05, 3.63) is 41.0 Å². The van der Waals surface area contributed by atoms with E-state index in [1.54, 1.807) is 11.8 Å². The van der Waals surface area contributed by atoms with Crippen LogP contribution < -0.4 is 5.32 Å². The molecule has 0 aliphatic heterocycles. The van der Waals surface area contributed by atoms with Crippen LogP contribution >= 0.6 is 23.4 Å². The molecule has 0 amide bonds. The largest absolute Gasteiger partial charge is 0.339 e. The number of aryl methyl sites for hydroxylation is 1. The van der Waals surface area contributed by atoms with Crippen molar-refractivity contribution in [2.75, 3.05) is 12.8 Å². The van der Waals surface area contributed by atoms with E-state index < -0.39 is 0 Å². The van der Waals surface area contributed by atoms with Crippen molar-refractivity contribution in [3.63, 3.8) is 0 Å². The molecule has 2 rings (SSSR count). The Kier molecular flexibility index (Phi) is 5.88. The molecule has 0 aliphatic carbocycles. The quantitative estimate of drug-likeness (QED) is 0.796. The summed E-state index contributed by atoms with van der Waals surface area (Å²) < 4.78 is 5.24. The Labute approximate surface area is 128 Å². The third-order valence-electron chi connectivity index (χ3n) is 2.90. The smallest absolute Gasteiger partial charge is 0.227 e. The number of aromatic nitrogens is 2. The second kappa shape index (κ2) is 7.67. The summed E-state index contributed by atoms with van der Waals surface area (Å²) in [4.78, 5) is 5.47. The molecular formula is C14H18ClN3OS. The van der Waals surface area contributed by atoms with Crippen LogP contribution in [0.3, 0.4) is 0 Å². The molecule has 0 spiro atoms. The number of nitrogens with one attached hydrogen (secondary N) is 1. The van der Waals surface area contributed by atoms with Crippen LogP contribution in [0.4, 0.5) is 0 Å². The van der Waals surface area contributed by atoms with Gasteiger partial charge in [-0.05, 0) is 26.1 Å². The molecule has 0 saturated carbocycles. The van der Waals surface area contributed by atoms with E-state index in [1.165, 1.54) is 0 Å². The van der Waals surface area contributed by atoms with Crippen LogP contribution in [0.1, 0.15) is 18.6 Å². The molecule has 0 fully saturated rings. The van der Waals surface area contributed by atoms with E-state index in [0.29, 0.717) is 11.9 Å². The van der Waals surface area contributed by atoms with E-state index in [1.807, 2.05) is 31.3 Å². The van der Waals surface area contributed by atoms with Crippen LogP contribution in [0.25, 0.3) is 0 Å². The second-order valence-corrected chi connectivity index (χ2v) is 6.07. The average molecular weight is 312 g/mol. The van der Waals surface area contributed by atoms with Crippen molar-refractivity contribution in [2.24, 2.45) is 0 Å². The highest BCUT2D eigenvalue weighted by molar-refractivity contribution is 7.99. The normalized spacial score (nSPS) is 12.6. The van der Waals surface area contributed by atoms with Gasteiger partial charge in [-0.25, -0.2) is 0 Å². The first-order chi connectivity index (χ1) is 9.69. The van der Waals surface area contributed by atoms with Gasteiger partial charge in [-0.2, -0.15) is 4.98 Å². The number of hydrogen-bond acceptors (Lipinski definition) is 5. The Bertz CT molecular complexity index is 547. The molecule has 0 saturated heterocycles. The lowest BCUT2D eigenvalue weighted by Gasteiger charge is -2.04. The van der Waals surface area contributed by atoms with Crippen LogP contribution in [0.15, 0.2) is 33.7 Å². The van der Waals surface area contributed by atoms with Crippen molar-refractivity contribution in [1.82, 2.24) is 15.5 Å². The Balaban J connectivity index is 1.81. The number of rotatable bonds is 7. The molecule has 1 heterocycles. The zero-order valence-electron chi connectivity index (χ0n) is 11.6. The maximum atomic E-state index is 6.10. The van der Waals surface area contributed by atoms with Gasteiger partial charge in [0.1, 0.15) is 0 Å². The monoisotopic (exact) mass is 311 g/mol. The number of benzene rings is 1. The van der Waals surface area contributed by atoms with E-state index in [2.05, 4.69) is 22.4 Å². The lowest BCUT2D eigenvalue weighted by Crippen LogP contribution is -2.24. The van der Waals surface area contributed by atoms with Gasteiger partial charge in [0.2, 0.25) is 5.89 Å². The van der Waals surface area contributed by atoms with Crippen LogP contribution in [0.2, 0.25) is 5.02 Å². The zero-order chi connectivity index (χ0) is 14.4. The summed E-state index contributed by atoms with van der Waals surface area (Å²) in [5.41, 5.74) is 0. The average Bonchev–Trinajstić information content (AvgIpc) is 2.88. The molecule has 1 N–H and O–H groups in total. The van der Waals surface area contributed by atoms with Gasteiger partial charge in [0, 0.05) is 29.5 Å². The second-order valence-electron chi connectivity index (χ2n) is 4.53. The first-order valence-corrected chi connectivity index (χ1v) is 7.91. The number of likely N-dealkylation sites (N-methyl/N-ethyl adjacent to an activating group) is 1. The SMILES string of the molecule is CNC(C)Cc1noc(CCSc2ccccc2Cl)n1. The van der Waals surface area contributed by atoms with Gasteiger partial charge in [-0.3, -0.25) is 0 Å². The molecule has 2 aromatic rings. The fourth-order valence-electron chi connectivity index (χ4n) is 1.66. The number of thioether (sulfide) groups is 1. The topological polar surface area (TPSA) is 51.0 Å². The molecule has 1 aromatic heterocycles. The molecule has 0 bridgehead atoms. The minimum Gasteiger partial charge on any atom is -0.339 e. The molecule has 0 radical (unpaired) electrons. The molecule has 20 heavy (non-hydrogen) atoms. The summed E-state index contributed by atoms with van der Waals surface area (Å²) in [6.07, 6.45) is 1.52. The lowest BCUT2D eigenvalue weighted by atomic mass is 10.2. The standard InChI is InChI=1S/C14H18ClN3OS/c1-10(16-2)9-13-17-14(19-18-13)7-8-20-12-6-4-3-5-11(12)15/h3-6,10,16H,7-9H2,1-2H3. The third-order valence-corrected chi connectivity index (χ3v) is 4.42.